The standard InChI is InChI=1S/C18H20FNO/c1-17(21,15-6-8-16(19)9-7-15)18(12-20)10-13-4-2-3-5-14(13)11-18/h2-9,21H,10-12,20H2,1H3. The van der Waals surface area contributed by atoms with E-state index in [1.807, 2.05) is 12.1 Å². The maximum atomic E-state index is 13.1. The minimum Gasteiger partial charge on any atom is -0.385 e. The summed E-state index contributed by atoms with van der Waals surface area (Å²) in [7, 11) is 0. The van der Waals surface area contributed by atoms with E-state index in [0.717, 1.165) is 12.8 Å². The Morgan fingerprint density at radius 2 is 1.62 bits per heavy atom. The number of halogens is 1. The van der Waals surface area contributed by atoms with E-state index in [1.165, 1.54) is 23.3 Å². The molecule has 1 atom stereocenters. The SMILES string of the molecule is CC(O)(c1ccc(F)cc1)C1(CN)Cc2ccccc2C1. The molecule has 0 saturated carbocycles. The topological polar surface area (TPSA) is 46.2 Å². The predicted octanol–water partition coefficient (Wildman–Crippen LogP) is 2.78. The Bertz CT molecular complexity index is 624. The van der Waals surface area contributed by atoms with Crippen LogP contribution in [-0.4, -0.2) is 11.7 Å². The number of hydrogen-bond acceptors (Lipinski definition) is 2. The molecule has 1 aliphatic carbocycles. The molecule has 0 heterocycles. The third-order valence-corrected chi connectivity index (χ3v) is 5.01. The zero-order valence-corrected chi connectivity index (χ0v) is 12.1. The lowest BCUT2D eigenvalue weighted by atomic mass is 9.67. The Balaban J connectivity index is 2.02. The quantitative estimate of drug-likeness (QED) is 0.911. The van der Waals surface area contributed by atoms with E-state index in [4.69, 9.17) is 5.73 Å². The van der Waals surface area contributed by atoms with E-state index in [1.54, 1.807) is 19.1 Å². The van der Waals surface area contributed by atoms with Crippen LogP contribution < -0.4 is 5.73 Å². The van der Waals surface area contributed by atoms with Crippen LogP contribution in [0.15, 0.2) is 48.5 Å². The molecule has 3 heteroatoms. The average Bonchev–Trinajstić information content (AvgIpc) is 2.88. The fourth-order valence-corrected chi connectivity index (χ4v) is 3.46. The fraction of sp³-hybridized carbons (Fsp3) is 0.333. The van der Waals surface area contributed by atoms with Gasteiger partial charge in [0.15, 0.2) is 0 Å². The van der Waals surface area contributed by atoms with Crippen LogP contribution in [0.1, 0.15) is 23.6 Å². The van der Waals surface area contributed by atoms with E-state index < -0.39 is 11.0 Å². The van der Waals surface area contributed by atoms with Crippen LogP contribution in [0.2, 0.25) is 0 Å². The van der Waals surface area contributed by atoms with Gasteiger partial charge in [-0.3, -0.25) is 0 Å². The maximum absolute atomic E-state index is 13.1. The summed E-state index contributed by atoms with van der Waals surface area (Å²) in [5, 5.41) is 11.2. The first-order valence-corrected chi connectivity index (χ1v) is 7.24. The maximum Gasteiger partial charge on any atom is 0.123 e. The number of hydrogen-bond donors (Lipinski definition) is 2. The zero-order valence-electron chi connectivity index (χ0n) is 12.1. The highest BCUT2D eigenvalue weighted by Crippen LogP contribution is 2.48. The summed E-state index contributed by atoms with van der Waals surface area (Å²) in [6.07, 6.45) is 1.48. The van der Waals surface area contributed by atoms with Crippen molar-refractivity contribution in [2.45, 2.75) is 25.4 Å². The minimum atomic E-state index is -1.10. The summed E-state index contributed by atoms with van der Waals surface area (Å²) in [6.45, 7) is 2.17. The van der Waals surface area contributed by atoms with Gasteiger partial charge in [-0.05, 0) is 48.6 Å². The monoisotopic (exact) mass is 285 g/mol. The molecular weight excluding hydrogens is 265 g/mol. The lowest BCUT2D eigenvalue weighted by molar-refractivity contribution is -0.0675. The average molecular weight is 285 g/mol. The fourth-order valence-electron chi connectivity index (χ4n) is 3.46. The highest BCUT2D eigenvalue weighted by Gasteiger charge is 2.50. The van der Waals surface area contributed by atoms with E-state index in [-0.39, 0.29) is 5.82 Å². The Morgan fingerprint density at radius 3 is 2.10 bits per heavy atom. The zero-order chi connectivity index (χ0) is 15.1. The molecule has 1 aliphatic rings. The molecular formula is C18H20FNO. The van der Waals surface area contributed by atoms with Crippen molar-refractivity contribution in [2.24, 2.45) is 11.1 Å². The summed E-state index contributed by atoms with van der Waals surface area (Å²) in [4.78, 5) is 0. The number of rotatable bonds is 3. The lowest BCUT2D eigenvalue weighted by Gasteiger charge is -2.42. The third-order valence-electron chi connectivity index (χ3n) is 5.01. The van der Waals surface area contributed by atoms with E-state index in [2.05, 4.69) is 12.1 Å². The highest BCUT2D eigenvalue weighted by atomic mass is 19.1. The molecule has 0 aliphatic heterocycles. The van der Waals surface area contributed by atoms with Crippen molar-refractivity contribution in [1.82, 2.24) is 0 Å². The smallest absolute Gasteiger partial charge is 0.123 e. The molecule has 0 saturated heterocycles. The Morgan fingerprint density at radius 1 is 1.10 bits per heavy atom. The largest absolute Gasteiger partial charge is 0.385 e. The molecule has 3 N–H and O–H groups in total. The van der Waals surface area contributed by atoms with Crippen molar-refractivity contribution in [3.8, 4) is 0 Å². The summed E-state index contributed by atoms with van der Waals surface area (Å²) in [5.74, 6) is -0.300. The van der Waals surface area contributed by atoms with E-state index in [9.17, 15) is 9.50 Å². The number of benzene rings is 2. The molecule has 0 bridgehead atoms. The van der Waals surface area contributed by atoms with Crippen molar-refractivity contribution in [2.75, 3.05) is 6.54 Å². The predicted molar refractivity (Wildman–Crippen MR) is 81.3 cm³/mol. The van der Waals surface area contributed by atoms with Crippen LogP contribution >= 0.6 is 0 Å². The van der Waals surface area contributed by atoms with Crippen LogP contribution in [-0.2, 0) is 18.4 Å². The van der Waals surface area contributed by atoms with Gasteiger partial charge in [-0.15, -0.1) is 0 Å². The van der Waals surface area contributed by atoms with Crippen LogP contribution in [0.25, 0.3) is 0 Å². The molecule has 2 aromatic rings. The van der Waals surface area contributed by atoms with Crippen LogP contribution in [0.4, 0.5) is 4.39 Å². The van der Waals surface area contributed by atoms with Crippen molar-refractivity contribution in [3.05, 3.63) is 71.0 Å². The van der Waals surface area contributed by atoms with Gasteiger partial charge in [-0.2, -0.15) is 0 Å². The Hall–Kier alpha value is -1.71. The first-order chi connectivity index (χ1) is 9.98. The molecule has 0 radical (unpaired) electrons. The molecule has 0 amide bonds. The number of aliphatic hydroxyl groups is 1. The molecule has 2 nitrogen and oxygen atoms in total. The van der Waals surface area contributed by atoms with Crippen LogP contribution in [0.5, 0.6) is 0 Å². The van der Waals surface area contributed by atoms with E-state index in [0.29, 0.717) is 12.1 Å². The van der Waals surface area contributed by atoms with Crippen molar-refractivity contribution in [1.29, 1.82) is 0 Å². The second-order valence-electron chi connectivity index (χ2n) is 6.19. The first-order valence-electron chi connectivity index (χ1n) is 7.24. The molecule has 3 rings (SSSR count). The van der Waals surface area contributed by atoms with Gasteiger partial charge in [0.2, 0.25) is 0 Å². The van der Waals surface area contributed by atoms with Crippen molar-refractivity contribution in [3.63, 3.8) is 0 Å². The molecule has 21 heavy (non-hydrogen) atoms. The van der Waals surface area contributed by atoms with Gasteiger partial charge < -0.3 is 10.8 Å². The number of nitrogens with two attached hydrogens (primary N) is 1. The summed E-state index contributed by atoms with van der Waals surface area (Å²) >= 11 is 0. The summed E-state index contributed by atoms with van der Waals surface area (Å²) in [5.41, 5.74) is 7.71. The van der Waals surface area contributed by atoms with Crippen LogP contribution in [0.3, 0.4) is 0 Å². The van der Waals surface area contributed by atoms with Crippen LogP contribution in [0, 0.1) is 11.2 Å². The van der Waals surface area contributed by atoms with Gasteiger partial charge in [0, 0.05) is 12.0 Å². The molecule has 110 valence electrons. The number of fused-ring (bicyclic) bond motifs is 1. The molecule has 0 fully saturated rings. The van der Waals surface area contributed by atoms with E-state index >= 15 is 0 Å². The van der Waals surface area contributed by atoms with Crippen molar-refractivity contribution >= 4 is 0 Å². The Kier molecular flexibility index (Phi) is 3.34. The normalized spacial score (nSPS) is 19.0. The molecule has 0 aromatic heterocycles. The third kappa shape index (κ3) is 2.17. The van der Waals surface area contributed by atoms with Gasteiger partial charge in [-0.1, -0.05) is 36.4 Å². The first kappa shape index (κ1) is 14.2. The van der Waals surface area contributed by atoms with Crippen molar-refractivity contribution < 1.29 is 9.50 Å². The molecule has 2 aromatic carbocycles. The summed E-state index contributed by atoms with van der Waals surface area (Å²) < 4.78 is 13.1. The lowest BCUT2D eigenvalue weighted by Crippen LogP contribution is -2.49. The van der Waals surface area contributed by atoms with Gasteiger partial charge in [0.25, 0.3) is 0 Å². The second-order valence-corrected chi connectivity index (χ2v) is 6.19. The van der Waals surface area contributed by atoms with Gasteiger partial charge in [-0.25, -0.2) is 4.39 Å². The minimum absolute atomic E-state index is 0.300. The second kappa shape index (κ2) is 4.93. The Labute approximate surface area is 124 Å². The molecule has 0 spiro atoms. The van der Waals surface area contributed by atoms with Gasteiger partial charge in [0.1, 0.15) is 5.82 Å². The highest BCUT2D eigenvalue weighted by molar-refractivity contribution is 5.38. The van der Waals surface area contributed by atoms with Gasteiger partial charge in [0.05, 0.1) is 5.60 Å². The summed E-state index contributed by atoms with van der Waals surface area (Å²) in [6, 6.07) is 14.3. The molecule has 1 unspecified atom stereocenters. The van der Waals surface area contributed by atoms with Gasteiger partial charge >= 0.3 is 0 Å².